The lowest BCUT2D eigenvalue weighted by atomic mass is 9.83. The van der Waals surface area contributed by atoms with Crippen LogP contribution in [0.15, 0.2) is 66.9 Å². The summed E-state index contributed by atoms with van der Waals surface area (Å²) in [7, 11) is -2.02. The van der Waals surface area contributed by atoms with E-state index in [1.54, 1.807) is 16.4 Å². The molecule has 8 heteroatoms. The molecule has 34 heavy (non-hydrogen) atoms. The van der Waals surface area contributed by atoms with E-state index in [-0.39, 0.29) is 17.2 Å². The van der Waals surface area contributed by atoms with E-state index in [0.717, 1.165) is 28.6 Å². The number of fused-ring (bicyclic) bond motifs is 2. The van der Waals surface area contributed by atoms with E-state index >= 15 is 0 Å². The monoisotopic (exact) mass is 478 g/mol. The molecule has 6 rings (SSSR count). The Labute approximate surface area is 198 Å². The number of aromatic nitrogens is 2. The van der Waals surface area contributed by atoms with E-state index in [1.807, 2.05) is 10.9 Å². The number of benzene rings is 2. The van der Waals surface area contributed by atoms with Gasteiger partial charge in [-0.2, -0.15) is 17.8 Å². The summed E-state index contributed by atoms with van der Waals surface area (Å²) in [6.07, 6.45) is 11.5. The molecule has 1 unspecified atom stereocenters. The van der Waals surface area contributed by atoms with Gasteiger partial charge < -0.3 is 0 Å². The van der Waals surface area contributed by atoms with Crippen molar-refractivity contribution in [2.75, 3.05) is 20.1 Å². The fraction of sp³-hybridized carbons (Fsp3) is 0.346. The van der Waals surface area contributed by atoms with Crippen LogP contribution in [-0.4, -0.2) is 42.6 Å². The molecule has 0 bridgehead atoms. The Morgan fingerprint density at radius 2 is 1.97 bits per heavy atom. The van der Waals surface area contributed by atoms with Crippen molar-refractivity contribution >= 4 is 21.1 Å². The van der Waals surface area contributed by atoms with Crippen molar-refractivity contribution in [3.63, 3.8) is 0 Å². The van der Waals surface area contributed by atoms with Gasteiger partial charge >= 0.3 is 0 Å². The zero-order valence-corrected chi connectivity index (χ0v) is 20.0. The number of hydrogen-bond donors (Lipinski definition) is 1. The molecule has 6 nitrogen and oxygen atoms in total. The highest BCUT2D eigenvalue weighted by atomic mass is 32.2. The van der Waals surface area contributed by atoms with E-state index in [0.29, 0.717) is 24.9 Å². The molecule has 1 aromatic heterocycles. The van der Waals surface area contributed by atoms with Crippen molar-refractivity contribution in [2.45, 2.75) is 18.8 Å². The first kappa shape index (κ1) is 21.7. The van der Waals surface area contributed by atoms with E-state index in [4.69, 9.17) is 0 Å². The summed E-state index contributed by atoms with van der Waals surface area (Å²) in [6, 6.07) is 10.6. The van der Waals surface area contributed by atoms with Crippen LogP contribution in [0.4, 0.5) is 4.39 Å². The minimum atomic E-state index is -3.49. The molecule has 4 atom stereocenters. The van der Waals surface area contributed by atoms with Gasteiger partial charge in [0.1, 0.15) is 5.82 Å². The van der Waals surface area contributed by atoms with Crippen LogP contribution >= 0.6 is 0 Å². The number of rotatable bonds is 5. The fourth-order valence-corrected chi connectivity index (χ4v) is 7.42. The lowest BCUT2D eigenvalue weighted by Crippen LogP contribution is -2.41. The number of halogens is 1. The molecule has 1 saturated heterocycles. The number of allylic oxidation sites excluding steroid dienone is 4. The summed E-state index contributed by atoms with van der Waals surface area (Å²) >= 11 is 0. The standard InChI is InChI=1S/C26H27FN4O2S/c1-17-12-24-19(14-29-31(24)21-10-8-20(27)9-11-21)13-22(17)26-16-30(34(32,33)28-2)15-23(26)25(26)18-6-4-3-5-7-18/h3-6,8-14,18,23,25,28H,7,15-16H2,1-2H3/t18?,23-,25-,26+/m1/s1. The van der Waals surface area contributed by atoms with Crippen LogP contribution in [-0.2, 0) is 15.6 Å². The summed E-state index contributed by atoms with van der Waals surface area (Å²) < 4.78 is 44.6. The number of hydrogen-bond acceptors (Lipinski definition) is 3. The van der Waals surface area contributed by atoms with Crippen LogP contribution in [0.25, 0.3) is 16.6 Å². The molecule has 1 N–H and O–H groups in total. The Morgan fingerprint density at radius 1 is 1.18 bits per heavy atom. The van der Waals surface area contributed by atoms with Crippen molar-refractivity contribution in [2.24, 2.45) is 17.8 Å². The predicted molar refractivity (Wildman–Crippen MR) is 130 cm³/mol. The zero-order chi connectivity index (χ0) is 23.7. The highest BCUT2D eigenvalue weighted by molar-refractivity contribution is 7.87. The van der Waals surface area contributed by atoms with Gasteiger partial charge in [0.05, 0.1) is 17.4 Å². The molecule has 2 aromatic carbocycles. The molecule has 3 aliphatic rings. The van der Waals surface area contributed by atoms with Gasteiger partial charge in [0, 0.05) is 30.9 Å². The van der Waals surface area contributed by atoms with Crippen LogP contribution in [0, 0.1) is 30.5 Å². The van der Waals surface area contributed by atoms with Gasteiger partial charge in [-0.15, -0.1) is 0 Å². The maximum atomic E-state index is 13.4. The van der Waals surface area contributed by atoms with Crippen molar-refractivity contribution in [3.8, 4) is 5.69 Å². The molecule has 0 amide bonds. The first-order chi connectivity index (χ1) is 16.3. The molecule has 0 radical (unpaired) electrons. The normalized spacial score (nSPS) is 28.5. The Bertz CT molecular complexity index is 1440. The minimum Gasteiger partial charge on any atom is -0.233 e. The predicted octanol–water partition coefficient (Wildman–Crippen LogP) is 3.87. The molecule has 2 fully saturated rings. The number of piperidine rings is 1. The van der Waals surface area contributed by atoms with Gasteiger partial charge in [-0.1, -0.05) is 24.3 Å². The lowest BCUT2D eigenvalue weighted by Gasteiger charge is -2.27. The van der Waals surface area contributed by atoms with E-state index < -0.39 is 10.2 Å². The second-order valence-corrected chi connectivity index (χ2v) is 11.5. The minimum absolute atomic E-state index is 0.208. The van der Waals surface area contributed by atoms with Gasteiger partial charge in [-0.05, 0) is 78.6 Å². The third kappa shape index (κ3) is 3.12. The highest BCUT2D eigenvalue weighted by Crippen LogP contribution is 2.68. The Kier molecular flexibility index (Phi) is 4.85. The van der Waals surface area contributed by atoms with Gasteiger partial charge in [-0.3, -0.25) is 0 Å². The number of nitrogens with zero attached hydrogens (tertiary/aromatic N) is 3. The maximum Gasteiger partial charge on any atom is 0.279 e. The van der Waals surface area contributed by atoms with Crippen LogP contribution in [0.2, 0.25) is 0 Å². The van der Waals surface area contributed by atoms with Gasteiger partial charge in [-0.25, -0.2) is 13.8 Å². The average molecular weight is 479 g/mol. The van der Waals surface area contributed by atoms with Gasteiger partial charge in [0.15, 0.2) is 0 Å². The molecular weight excluding hydrogens is 451 g/mol. The summed E-state index contributed by atoms with van der Waals surface area (Å²) in [5.74, 6) is 0.810. The topological polar surface area (TPSA) is 67.2 Å². The molecule has 3 aromatic rings. The van der Waals surface area contributed by atoms with Crippen LogP contribution in [0.1, 0.15) is 17.5 Å². The van der Waals surface area contributed by atoms with Gasteiger partial charge in [0.25, 0.3) is 10.2 Å². The first-order valence-corrected chi connectivity index (χ1v) is 13.1. The second kappa shape index (κ2) is 7.60. The van der Waals surface area contributed by atoms with Crippen LogP contribution < -0.4 is 4.72 Å². The van der Waals surface area contributed by atoms with E-state index in [2.05, 4.69) is 53.2 Å². The number of nitrogens with one attached hydrogen (secondary N) is 1. The Balaban J connectivity index is 1.44. The van der Waals surface area contributed by atoms with E-state index in [1.165, 1.54) is 24.7 Å². The average Bonchev–Trinajstić information content (AvgIpc) is 3.11. The molecule has 2 heterocycles. The van der Waals surface area contributed by atoms with Crippen molar-refractivity contribution in [1.29, 1.82) is 0 Å². The Morgan fingerprint density at radius 3 is 2.68 bits per heavy atom. The summed E-state index contributed by atoms with van der Waals surface area (Å²) in [4.78, 5) is 0. The molecule has 2 aliphatic carbocycles. The highest BCUT2D eigenvalue weighted by Gasteiger charge is 2.72. The van der Waals surface area contributed by atoms with Crippen molar-refractivity contribution in [1.82, 2.24) is 18.8 Å². The quantitative estimate of drug-likeness (QED) is 0.606. The fourth-order valence-electron chi connectivity index (χ4n) is 6.42. The molecular formula is C26H27FN4O2S. The third-order valence-electron chi connectivity index (χ3n) is 7.98. The first-order valence-electron chi connectivity index (χ1n) is 11.6. The van der Waals surface area contributed by atoms with Crippen LogP contribution in [0.3, 0.4) is 0 Å². The lowest BCUT2D eigenvalue weighted by molar-refractivity contribution is 0.358. The molecule has 1 saturated carbocycles. The largest absolute Gasteiger partial charge is 0.279 e. The molecule has 0 spiro atoms. The third-order valence-corrected chi connectivity index (χ3v) is 9.45. The summed E-state index contributed by atoms with van der Waals surface area (Å²) in [5.41, 5.74) is 3.89. The van der Waals surface area contributed by atoms with Crippen molar-refractivity contribution < 1.29 is 12.8 Å². The van der Waals surface area contributed by atoms with E-state index in [9.17, 15) is 12.8 Å². The number of aryl methyl sites for hydroxylation is 1. The summed E-state index contributed by atoms with van der Waals surface area (Å²) in [6.45, 7) is 3.12. The molecule has 176 valence electrons. The summed E-state index contributed by atoms with van der Waals surface area (Å²) in [5, 5.41) is 5.57. The maximum absolute atomic E-state index is 13.4. The molecule has 1 aliphatic heterocycles. The smallest absolute Gasteiger partial charge is 0.233 e. The SMILES string of the molecule is CNS(=O)(=O)N1C[C@@H]2[C@@H](C3C=CC=CC3)[C@]2(c2cc3cnn(-c4ccc(F)cc4)c3cc2C)C1. The van der Waals surface area contributed by atoms with Gasteiger partial charge in [0.2, 0.25) is 0 Å². The van der Waals surface area contributed by atoms with Crippen molar-refractivity contribution in [3.05, 3.63) is 83.8 Å². The Hall–Kier alpha value is -2.81. The van der Waals surface area contributed by atoms with Crippen LogP contribution in [0.5, 0.6) is 0 Å². The zero-order valence-electron chi connectivity index (χ0n) is 19.1. The second-order valence-electron chi connectivity index (χ2n) is 9.65.